The number of sulfone groups is 1. The SMILES string of the molecule is CSc1ccc(/C=C/C(=O)OCC(=O)N(CC(C)C)[C@@H]2CCS(=O)(=O)C2)cc1. The molecule has 1 fully saturated rings. The summed E-state index contributed by atoms with van der Waals surface area (Å²) >= 11 is 1.63. The molecule has 0 unspecified atom stereocenters. The van der Waals surface area contributed by atoms with E-state index in [4.69, 9.17) is 4.74 Å². The number of hydrogen-bond acceptors (Lipinski definition) is 6. The highest BCUT2D eigenvalue weighted by molar-refractivity contribution is 7.98. The Balaban J connectivity index is 1.91. The minimum Gasteiger partial charge on any atom is -0.452 e. The van der Waals surface area contributed by atoms with Gasteiger partial charge in [0.2, 0.25) is 0 Å². The first kappa shape index (κ1) is 22.5. The molecule has 1 heterocycles. The van der Waals surface area contributed by atoms with Crippen molar-refractivity contribution in [3.05, 3.63) is 35.9 Å². The lowest BCUT2D eigenvalue weighted by atomic mass is 10.1. The Morgan fingerprint density at radius 3 is 2.50 bits per heavy atom. The number of nitrogens with zero attached hydrogens (tertiary/aromatic N) is 1. The largest absolute Gasteiger partial charge is 0.452 e. The molecule has 6 nitrogen and oxygen atoms in total. The van der Waals surface area contributed by atoms with Crippen LogP contribution in [0.3, 0.4) is 0 Å². The van der Waals surface area contributed by atoms with Gasteiger partial charge in [0.25, 0.3) is 5.91 Å². The first-order valence-corrected chi connectivity index (χ1v) is 12.2. The Labute approximate surface area is 171 Å². The minimum atomic E-state index is -3.10. The summed E-state index contributed by atoms with van der Waals surface area (Å²) < 4.78 is 28.6. The summed E-state index contributed by atoms with van der Waals surface area (Å²) in [7, 11) is -3.10. The molecule has 154 valence electrons. The molecule has 1 atom stereocenters. The molecule has 1 aliphatic heterocycles. The third-order valence-electron chi connectivity index (χ3n) is 4.40. The van der Waals surface area contributed by atoms with E-state index in [1.807, 2.05) is 44.4 Å². The van der Waals surface area contributed by atoms with Crippen LogP contribution in [-0.2, 0) is 24.2 Å². The van der Waals surface area contributed by atoms with Crippen LogP contribution >= 0.6 is 11.8 Å². The zero-order chi connectivity index (χ0) is 20.7. The van der Waals surface area contributed by atoms with Crippen LogP contribution in [-0.4, -0.2) is 62.1 Å². The van der Waals surface area contributed by atoms with Crippen molar-refractivity contribution in [2.75, 3.05) is 30.9 Å². The average molecular weight is 426 g/mol. The van der Waals surface area contributed by atoms with Crippen molar-refractivity contribution in [3.8, 4) is 0 Å². The number of carbonyl (C=O) groups excluding carboxylic acids is 2. The maximum Gasteiger partial charge on any atom is 0.331 e. The smallest absolute Gasteiger partial charge is 0.331 e. The van der Waals surface area contributed by atoms with Crippen LogP contribution in [0.1, 0.15) is 25.8 Å². The van der Waals surface area contributed by atoms with E-state index in [1.165, 1.54) is 6.08 Å². The van der Waals surface area contributed by atoms with E-state index >= 15 is 0 Å². The predicted octanol–water partition coefficient (Wildman–Crippen LogP) is 2.64. The predicted molar refractivity (Wildman–Crippen MR) is 112 cm³/mol. The first-order chi connectivity index (χ1) is 13.2. The molecule has 1 saturated heterocycles. The maximum absolute atomic E-state index is 12.6. The van der Waals surface area contributed by atoms with Crippen LogP contribution in [0, 0.1) is 5.92 Å². The Kier molecular flexibility index (Phi) is 8.12. The Morgan fingerprint density at radius 2 is 1.96 bits per heavy atom. The zero-order valence-electron chi connectivity index (χ0n) is 16.5. The zero-order valence-corrected chi connectivity index (χ0v) is 18.1. The fraction of sp³-hybridized carbons (Fsp3) is 0.500. The monoisotopic (exact) mass is 425 g/mol. The Hall–Kier alpha value is -1.80. The van der Waals surface area contributed by atoms with Crippen LogP contribution in [0.2, 0.25) is 0 Å². The number of rotatable bonds is 8. The van der Waals surface area contributed by atoms with Crippen LogP contribution in [0.4, 0.5) is 0 Å². The molecule has 0 N–H and O–H groups in total. The van der Waals surface area contributed by atoms with E-state index in [-0.39, 0.29) is 29.4 Å². The van der Waals surface area contributed by atoms with Crippen molar-refractivity contribution in [2.45, 2.75) is 31.2 Å². The van der Waals surface area contributed by atoms with E-state index in [0.717, 1.165) is 10.5 Å². The van der Waals surface area contributed by atoms with E-state index in [1.54, 1.807) is 22.7 Å². The number of hydrogen-bond donors (Lipinski definition) is 0. The minimum absolute atomic E-state index is 0.0225. The molecule has 0 aliphatic carbocycles. The molecule has 1 amide bonds. The molecule has 28 heavy (non-hydrogen) atoms. The number of amides is 1. The van der Waals surface area contributed by atoms with E-state index in [9.17, 15) is 18.0 Å². The van der Waals surface area contributed by atoms with Gasteiger partial charge in [-0.1, -0.05) is 26.0 Å². The lowest BCUT2D eigenvalue weighted by Crippen LogP contribution is -2.45. The summed E-state index contributed by atoms with van der Waals surface area (Å²) in [5.41, 5.74) is 0.860. The number of carbonyl (C=O) groups is 2. The van der Waals surface area contributed by atoms with Crippen molar-refractivity contribution < 1.29 is 22.7 Å². The molecule has 0 spiro atoms. The second kappa shape index (κ2) is 10.1. The summed E-state index contributed by atoms with van der Waals surface area (Å²) in [6.07, 6.45) is 5.34. The molecule has 1 aliphatic rings. The third kappa shape index (κ3) is 6.98. The molecular weight excluding hydrogens is 398 g/mol. The van der Waals surface area contributed by atoms with Gasteiger partial charge in [-0.05, 0) is 42.4 Å². The van der Waals surface area contributed by atoms with Gasteiger partial charge in [-0.2, -0.15) is 0 Å². The number of benzene rings is 1. The highest BCUT2D eigenvalue weighted by atomic mass is 32.2. The summed E-state index contributed by atoms with van der Waals surface area (Å²) in [4.78, 5) is 27.2. The van der Waals surface area contributed by atoms with Crippen LogP contribution in [0.5, 0.6) is 0 Å². The maximum atomic E-state index is 12.6. The van der Waals surface area contributed by atoms with Crippen LogP contribution < -0.4 is 0 Å². The van der Waals surface area contributed by atoms with Crippen molar-refractivity contribution >= 4 is 39.6 Å². The highest BCUT2D eigenvalue weighted by Crippen LogP contribution is 2.19. The number of ether oxygens (including phenoxy) is 1. The summed E-state index contributed by atoms with van der Waals surface area (Å²) in [6, 6.07) is 7.36. The third-order valence-corrected chi connectivity index (χ3v) is 6.89. The molecule has 8 heteroatoms. The van der Waals surface area contributed by atoms with E-state index in [2.05, 4.69) is 0 Å². The lowest BCUT2D eigenvalue weighted by Gasteiger charge is -2.29. The van der Waals surface area contributed by atoms with Gasteiger partial charge in [-0.15, -0.1) is 11.8 Å². The van der Waals surface area contributed by atoms with Crippen molar-refractivity contribution in [1.82, 2.24) is 4.90 Å². The van der Waals surface area contributed by atoms with Crippen molar-refractivity contribution in [1.29, 1.82) is 0 Å². The fourth-order valence-corrected chi connectivity index (χ4v) is 5.15. The number of thioether (sulfide) groups is 1. The van der Waals surface area contributed by atoms with Crippen molar-refractivity contribution in [2.24, 2.45) is 5.92 Å². The van der Waals surface area contributed by atoms with Crippen molar-refractivity contribution in [3.63, 3.8) is 0 Å². The van der Waals surface area contributed by atoms with Gasteiger partial charge < -0.3 is 9.64 Å². The normalized spacial score (nSPS) is 18.5. The average Bonchev–Trinajstić information content (AvgIpc) is 3.02. The Bertz CT molecular complexity index is 816. The van der Waals surface area contributed by atoms with Gasteiger partial charge >= 0.3 is 5.97 Å². The molecule has 0 radical (unpaired) electrons. The lowest BCUT2D eigenvalue weighted by molar-refractivity contribution is -0.149. The number of esters is 1. The fourth-order valence-electron chi connectivity index (χ4n) is 3.01. The highest BCUT2D eigenvalue weighted by Gasteiger charge is 2.35. The molecule has 2 rings (SSSR count). The summed E-state index contributed by atoms with van der Waals surface area (Å²) in [5, 5.41) is 0. The van der Waals surface area contributed by atoms with Crippen LogP contribution in [0.25, 0.3) is 6.08 Å². The molecule has 0 bridgehead atoms. The molecule has 0 aromatic heterocycles. The second-order valence-electron chi connectivity index (χ2n) is 7.21. The topological polar surface area (TPSA) is 80.8 Å². The first-order valence-electron chi connectivity index (χ1n) is 9.19. The molecule has 0 saturated carbocycles. The van der Waals surface area contributed by atoms with E-state index in [0.29, 0.717) is 13.0 Å². The second-order valence-corrected chi connectivity index (χ2v) is 10.3. The van der Waals surface area contributed by atoms with Gasteiger partial charge in [0, 0.05) is 23.6 Å². The van der Waals surface area contributed by atoms with Gasteiger partial charge in [-0.3, -0.25) is 4.79 Å². The summed E-state index contributed by atoms with van der Waals surface area (Å²) in [6.45, 7) is 3.97. The van der Waals surface area contributed by atoms with Gasteiger partial charge in [-0.25, -0.2) is 13.2 Å². The van der Waals surface area contributed by atoms with Gasteiger partial charge in [0.05, 0.1) is 11.5 Å². The molecule has 1 aromatic rings. The molecular formula is C20H27NO5S2. The van der Waals surface area contributed by atoms with Gasteiger partial charge in [0.1, 0.15) is 0 Å². The standard InChI is InChI=1S/C20H27NO5S2/c1-15(2)12-21(17-10-11-28(24,25)14-17)19(22)13-26-20(23)9-6-16-4-7-18(27-3)8-5-16/h4-9,15,17H,10-14H2,1-3H3/b9-6+/t17-/m1/s1. The Morgan fingerprint density at radius 1 is 1.29 bits per heavy atom. The van der Waals surface area contributed by atoms with E-state index < -0.39 is 22.4 Å². The quantitative estimate of drug-likeness (QED) is 0.362. The molecule has 1 aromatic carbocycles. The van der Waals surface area contributed by atoms with Crippen LogP contribution in [0.15, 0.2) is 35.2 Å². The summed E-state index contributed by atoms with van der Waals surface area (Å²) in [5.74, 6) is -0.706. The van der Waals surface area contributed by atoms with Gasteiger partial charge in [0.15, 0.2) is 16.4 Å².